The van der Waals surface area contributed by atoms with Crippen LogP contribution < -0.4 is 19.5 Å². The van der Waals surface area contributed by atoms with Gasteiger partial charge in [0.1, 0.15) is 22.8 Å². The van der Waals surface area contributed by atoms with Crippen LogP contribution in [-0.2, 0) is 4.79 Å². The molecule has 0 aliphatic carbocycles. The van der Waals surface area contributed by atoms with E-state index >= 15 is 0 Å². The summed E-state index contributed by atoms with van der Waals surface area (Å²) in [4.78, 5) is 12.4. The third-order valence-electron chi connectivity index (χ3n) is 4.12. The van der Waals surface area contributed by atoms with Gasteiger partial charge in [0, 0.05) is 18.1 Å². The van der Waals surface area contributed by atoms with Crippen molar-refractivity contribution in [1.82, 2.24) is 5.32 Å². The standard InChI is InChI=1S/C20H23NO4/c1-20(2)12-17(16-9-4-5-10-18(16)25-20)21-19(22)13-24-15-8-6-7-14(11-15)23-3/h4-11,17H,12-13H2,1-3H3,(H,21,22)/t17-/m0/s1. The minimum atomic E-state index is -0.333. The molecule has 2 aromatic rings. The topological polar surface area (TPSA) is 56.8 Å². The molecule has 1 amide bonds. The quantitative estimate of drug-likeness (QED) is 0.904. The summed E-state index contributed by atoms with van der Waals surface area (Å²) < 4.78 is 16.7. The van der Waals surface area contributed by atoms with E-state index in [1.54, 1.807) is 19.2 Å². The predicted molar refractivity (Wildman–Crippen MR) is 95.1 cm³/mol. The molecule has 0 spiro atoms. The van der Waals surface area contributed by atoms with Crippen molar-refractivity contribution < 1.29 is 19.0 Å². The van der Waals surface area contributed by atoms with E-state index in [0.717, 1.165) is 11.3 Å². The third kappa shape index (κ3) is 4.24. The zero-order chi connectivity index (χ0) is 17.9. The highest BCUT2D eigenvalue weighted by Gasteiger charge is 2.34. The van der Waals surface area contributed by atoms with Gasteiger partial charge in [-0.1, -0.05) is 24.3 Å². The Hall–Kier alpha value is -2.69. The summed E-state index contributed by atoms with van der Waals surface area (Å²) in [5.74, 6) is 1.94. The second kappa shape index (κ2) is 7.05. The Morgan fingerprint density at radius 2 is 1.96 bits per heavy atom. The predicted octanol–water partition coefficient (Wildman–Crippen LogP) is 3.49. The maximum absolute atomic E-state index is 12.4. The van der Waals surface area contributed by atoms with Gasteiger partial charge in [-0.3, -0.25) is 4.79 Å². The first-order chi connectivity index (χ1) is 12.0. The van der Waals surface area contributed by atoms with Crippen LogP contribution in [0, 0.1) is 0 Å². The van der Waals surface area contributed by atoms with Gasteiger partial charge >= 0.3 is 0 Å². The van der Waals surface area contributed by atoms with Gasteiger partial charge in [0.05, 0.1) is 13.2 Å². The van der Waals surface area contributed by atoms with Crippen LogP contribution in [0.4, 0.5) is 0 Å². The van der Waals surface area contributed by atoms with Crippen LogP contribution in [0.5, 0.6) is 17.2 Å². The molecular weight excluding hydrogens is 318 g/mol. The summed E-state index contributed by atoms with van der Waals surface area (Å²) in [7, 11) is 1.59. The fourth-order valence-electron chi connectivity index (χ4n) is 3.01. The largest absolute Gasteiger partial charge is 0.497 e. The molecule has 132 valence electrons. The van der Waals surface area contributed by atoms with Crippen molar-refractivity contribution in [3.8, 4) is 17.2 Å². The van der Waals surface area contributed by atoms with E-state index in [2.05, 4.69) is 5.32 Å². The first-order valence-corrected chi connectivity index (χ1v) is 8.31. The van der Waals surface area contributed by atoms with Crippen LogP contribution >= 0.6 is 0 Å². The molecule has 1 aliphatic heterocycles. The number of para-hydroxylation sites is 1. The minimum Gasteiger partial charge on any atom is -0.497 e. The molecule has 0 saturated heterocycles. The van der Waals surface area contributed by atoms with Gasteiger partial charge in [-0.05, 0) is 32.0 Å². The molecule has 0 bridgehead atoms. The number of nitrogens with one attached hydrogen (secondary N) is 1. The Kier molecular flexibility index (Phi) is 4.83. The number of ether oxygens (including phenoxy) is 3. The van der Waals surface area contributed by atoms with Gasteiger partial charge in [0.25, 0.3) is 5.91 Å². The lowest BCUT2D eigenvalue weighted by atomic mass is 9.90. The molecule has 1 heterocycles. The van der Waals surface area contributed by atoms with Crippen LogP contribution in [-0.4, -0.2) is 25.2 Å². The number of rotatable bonds is 5. The Labute approximate surface area is 147 Å². The van der Waals surface area contributed by atoms with Crippen LogP contribution in [0.15, 0.2) is 48.5 Å². The van der Waals surface area contributed by atoms with Gasteiger partial charge in [-0.25, -0.2) is 0 Å². The maximum Gasteiger partial charge on any atom is 0.258 e. The fourth-order valence-corrected chi connectivity index (χ4v) is 3.01. The molecule has 3 rings (SSSR count). The molecular formula is C20H23NO4. The number of carbonyl (C=O) groups is 1. The van der Waals surface area contributed by atoms with Crippen molar-refractivity contribution >= 4 is 5.91 Å². The van der Waals surface area contributed by atoms with Crippen LogP contribution in [0.25, 0.3) is 0 Å². The monoisotopic (exact) mass is 341 g/mol. The summed E-state index contributed by atoms with van der Waals surface area (Å²) in [6, 6.07) is 14.9. The van der Waals surface area contributed by atoms with Crippen molar-refractivity contribution in [1.29, 1.82) is 0 Å². The van der Waals surface area contributed by atoms with Crippen LogP contribution in [0.3, 0.4) is 0 Å². The molecule has 2 aromatic carbocycles. The first kappa shape index (κ1) is 17.1. The lowest BCUT2D eigenvalue weighted by Gasteiger charge is -2.37. The Morgan fingerprint density at radius 1 is 1.20 bits per heavy atom. The van der Waals surface area contributed by atoms with Crippen LogP contribution in [0.2, 0.25) is 0 Å². The van der Waals surface area contributed by atoms with E-state index in [0.29, 0.717) is 17.9 Å². The average Bonchev–Trinajstić information content (AvgIpc) is 2.59. The number of benzene rings is 2. The summed E-state index contributed by atoms with van der Waals surface area (Å²) in [6.45, 7) is 4.00. The minimum absolute atomic E-state index is 0.0485. The lowest BCUT2D eigenvalue weighted by Crippen LogP contribution is -2.42. The second-order valence-electron chi connectivity index (χ2n) is 6.69. The van der Waals surface area contributed by atoms with Gasteiger partial charge in [-0.2, -0.15) is 0 Å². The lowest BCUT2D eigenvalue weighted by molar-refractivity contribution is -0.124. The van der Waals surface area contributed by atoms with Gasteiger partial charge in [0.15, 0.2) is 6.61 Å². The summed E-state index contributed by atoms with van der Waals surface area (Å²) in [5.41, 5.74) is 0.663. The molecule has 25 heavy (non-hydrogen) atoms. The third-order valence-corrected chi connectivity index (χ3v) is 4.12. The Balaban J connectivity index is 1.64. The molecule has 1 N–H and O–H groups in total. The Morgan fingerprint density at radius 3 is 2.76 bits per heavy atom. The van der Waals surface area contributed by atoms with Crippen molar-refractivity contribution in [2.45, 2.75) is 31.9 Å². The van der Waals surface area contributed by atoms with E-state index in [-0.39, 0.29) is 24.2 Å². The highest BCUT2D eigenvalue weighted by atomic mass is 16.5. The van der Waals surface area contributed by atoms with E-state index in [4.69, 9.17) is 14.2 Å². The molecule has 0 saturated carbocycles. The zero-order valence-electron chi connectivity index (χ0n) is 14.7. The zero-order valence-corrected chi connectivity index (χ0v) is 14.7. The van der Waals surface area contributed by atoms with E-state index in [1.807, 2.05) is 50.2 Å². The average molecular weight is 341 g/mol. The maximum atomic E-state index is 12.4. The number of hydrogen-bond donors (Lipinski definition) is 1. The summed E-state index contributed by atoms with van der Waals surface area (Å²) in [5, 5.41) is 3.05. The summed E-state index contributed by atoms with van der Waals surface area (Å²) in [6.07, 6.45) is 0.703. The number of methoxy groups -OCH3 is 1. The van der Waals surface area contributed by atoms with E-state index < -0.39 is 0 Å². The number of amides is 1. The Bertz CT molecular complexity index is 757. The first-order valence-electron chi connectivity index (χ1n) is 8.31. The summed E-state index contributed by atoms with van der Waals surface area (Å²) >= 11 is 0. The van der Waals surface area contributed by atoms with E-state index in [9.17, 15) is 4.79 Å². The number of fused-ring (bicyclic) bond motifs is 1. The highest BCUT2D eigenvalue weighted by Crippen LogP contribution is 2.39. The molecule has 5 nitrogen and oxygen atoms in total. The molecule has 0 fully saturated rings. The number of hydrogen-bond acceptors (Lipinski definition) is 4. The molecule has 0 unspecified atom stereocenters. The molecule has 5 heteroatoms. The van der Waals surface area contributed by atoms with Crippen molar-refractivity contribution in [2.24, 2.45) is 0 Å². The molecule has 0 radical (unpaired) electrons. The van der Waals surface area contributed by atoms with Crippen molar-refractivity contribution in [2.75, 3.05) is 13.7 Å². The van der Waals surface area contributed by atoms with Crippen molar-refractivity contribution in [3.05, 3.63) is 54.1 Å². The van der Waals surface area contributed by atoms with Crippen molar-refractivity contribution in [3.63, 3.8) is 0 Å². The van der Waals surface area contributed by atoms with Gasteiger partial charge < -0.3 is 19.5 Å². The van der Waals surface area contributed by atoms with Gasteiger partial charge in [0.2, 0.25) is 0 Å². The van der Waals surface area contributed by atoms with Crippen LogP contribution in [0.1, 0.15) is 31.9 Å². The normalized spacial score (nSPS) is 17.8. The highest BCUT2D eigenvalue weighted by molar-refractivity contribution is 5.78. The van der Waals surface area contributed by atoms with Gasteiger partial charge in [-0.15, -0.1) is 0 Å². The van der Waals surface area contributed by atoms with E-state index in [1.165, 1.54) is 0 Å². The SMILES string of the molecule is COc1cccc(OCC(=O)N[C@H]2CC(C)(C)Oc3ccccc32)c1. The molecule has 1 atom stereocenters. The second-order valence-corrected chi connectivity index (χ2v) is 6.69. The smallest absolute Gasteiger partial charge is 0.258 e. The molecule has 1 aliphatic rings. The molecule has 0 aromatic heterocycles. The number of carbonyl (C=O) groups excluding carboxylic acids is 1. The fraction of sp³-hybridized carbons (Fsp3) is 0.350.